The Bertz CT molecular complexity index is 639. The normalized spacial score (nSPS) is 17.0. The van der Waals surface area contributed by atoms with E-state index in [2.05, 4.69) is 9.88 Å². The van der Waals surface area contributed by atoms with Gasteiger partial charge in [-0.2, -0.15) is 0 Å². The summed E-state index contributed by atoms with van der Waals surface area (Å²) in [6.45, 7) is 2.20. The van der Waals surface area contributed by atoms with Crippen LogP contribution in [0.15, 0.2) is 18.3 Å². The van der Waals surface area contributed by atoms with Crippen molar-refractivity contribution in [3.05, 3.63) is 24.0 Å². The van der Waals surface area contributed by atoms with Gasteiger partial charge in [-0.15, -0.1) is 0 Å². The zero-order chi connectivity index (χ0) is 16.3. The minimum absolute atomic E-state index is 0.261. The van der Waals surface area contributed by atoms with E-state index < -0.39 is 15.9 Å². The monoisotopic (exact) mass is 326 g/mol. The molecule has 8 heteroatoms. The first-order valence-electron chi connectivity index (χ1n) is 7.19. The molecule has 2 rings (SSSR count). The Hall–Kier alpha value is -1.67. The molecule has 122 valence electrons. The van der Waals surface area contributed by atoms with Gasteiger partial charge in [-0.25, -0.2) is 12.7 Å². The number of amides is 1. The number of anilines is 1. The Kier molecular flexibility index (Phi) is 5.02. The number of rotatable bonds is 5. The SMILES string of the molecule is CN(CC1CCN(c2ccnc(C(N)=O)c2)CC1)S(C)(=O)=O. The van der Waals surface area contributed by atoms with Gasteiger partial charge in [-0.05, 0) is 30.9 Å². The van der Waals surface area contributed by atoms with Gasteiger partial charge < -0.3 is 10.6 Å². The lowest BCUT2D eigenvalue weighted by Crippen LogP contribution is -2.39. The molecule has 1 aromatic heterocycles. The van der Waals surface area contributed by atoms with Crippen LogP contribution in [0.25, 0.3) is 0 Å². The van der Waals surface area contributed by atoms with Gasteiger partial charge >= 0.3 is 0 Å². The number of nitrogens with two attached hydrogens (primary N) is 1. The lowest BCUT2D eigenvalue weighted by atomic mass is 9.96. The second-order valence-corrected chi connectivity index (χ2v) is 7.83. The lowest BCUT2D eigenvalue weighted by Gasteiger charge is -2.34. The number of sulfonamides is 1. The minimum Gasteiger partial charge on any atom is -0.371 e. The van der Waals surface area contributed by atoms with E-state index in [1.165, 1.54) is 10.6 Å². The van der Waals surface area contributed by atoms with Crippen molar-refractivity contribution in [2.45, 2.75) is 12.8 Å². The van der Waals surface area contributed by atoms with E-state index >= 15 is 0 Å². The fraction of sp³-hybridized carbons (Fsp3) is 0.571. The molecule has 1 aliphatic heterocycles. The van der Waals surface area contributed by atoms with Crippen molar-refractivity contribution in [1.29, 1.82) is 0 Å². The summed E-state index contributed by atoms with van der Waals surface area (Å²) < 4.78 is 24.3. The standard InChI is InChI=1S/C14H22N4O3S/c1-17(22(2,20)21)10-11-4-7-18(8-5-11)12-3-6-16-13(9-12)14(15)19/h3,6,9,11H,4-5,7-8,10H2,1-2H3,(H2,15,19). The van der Waals surface area contributed by atoms with Gasteiger partial charge in [-0.1, -0.05) is 0 Å². The van der Waals surface area contributed by atoms with Crippen LogP contribution in [0, 0.1) is 5.92 Å². The predicted octanol–water partition coefficient (Wildman–Crippen LogP) is 0.288. The van der Waals surface area contributed by atoms with Gasteiger partial charge in [0.15, 0.2) is 0 Å². The summed E-state index contributed by atoms with van der Waals surface area (Å²) in [5.74, 6) is -0.181. The highest BCUT2D eigenvalue weighted by atomic mass is 32.2. The van der Waals surface area contributed by atoms with Crippen molar-refractivity contribution < 1.29 is 13.2 Å². The molecule has 0 bridgehead atoms. The van der Waals surface area contributed by atoms with Crippen LogP contribution in [-0.4, -0.2) is 56.6 Å². The van der Waals surface area contributed by atoms with E-state index in [9.17, 15) is 13.2 Å². The summed E-state index contributed by atoms with van der Waals surface area (Å²) in [6.07, 6.45) is 4.63. The zero-order valence-corrected chi connectivity index (χ0v) is 13.7. The van der Waals surface area contributed by atoms with Crippen LogP contribution >= 0.6 is 0 Å². The molecule has 0 saturated carbocycles. The molecule has 1 fully saturated rings. The Morgan fingerprint density at radius 1 is 1.45 bits per heavy atom. The van der Waals surface area contributed by atoms with Gasteiger partial charge in [0, 0.05) is 38.6 Å². The molecule has 1 aromatic rings. The molecular formula is C14H22N4O3S. The third-order valence-corrected chi connectivity index (χ3v) is 5.34. The summed E-state index contributed by atoms with van der Waals surface area (Å²) in [7, 11) is -1.51. The maximum absolute atomic E-state index is 11.5. The number of carbonyl (C=O) groups excluding carboxylic acids is 1. The first-order valence-corrected chi connectivity index (χ1v) is 9.04. The molecule has 1 amide bonds. The molecule has 0 unspecified atom stereocenters. The number of primary amides is 1. The largest absolute Gasteiger partial charge is 0.371 e. The molecule has 7 nitrogen and oxygen atoms in total. The molecule has 2 N–H and O–H groups in total. The molecule has 0 radical (unpaired) electrons. The average molecular weight is 326 g/mol. The summed E-state index contributed by atoms with van der Waals surface area (Å²) >= 11 is 0. The van der Waals surface area contributed by atoms with E-state index in [1.807, 2.05) is 6.07 Å². The number of hydrogen-bond donors (Lipinski definition) is 1. The third kappa shape index (κ3) is 4.17. The van der Waals surface area contributed by atoms with Crippen LogP contribution < -0.4 is 10.6 Å². The van der Waals surface area contributed by atoms with Gasteiger partial charge in [0.1, 0.15) is 5.69 Å². The molecule has 1 aliphatic rings. The molecule has 0 atom stereocenters. The molecule has 22 heavy (non-hydrogen) atoms. The second-order valence-electron chi connectivity index (χ2n) is 5.74. The topological polar surface area (TPSA) is 96.6 Å². The minimum atomic E-state index is -3.12. The summed E-state index contributed by atoms with van der Waals surface area (Å²) in [5, 5.41) is 0. The second kappa shape index (κ2) is 6.62. The van der Waals surface area contributed by atoms with E-state index in [0.717, 1.165) is 31.6 Å². The lowest BCUT2D eigenvalue weighted by molar-refractivity contribution is 0.0995. The molecule has 0 aromatic carbocycles. The number of hydrogen-bond acceptors (Lipinski definition) is 5. The Morgan fingerprint density at radius 3 is 2.64 bits per heavy atom. The van der Waals surface area contributed by atoms with Gasteiger partial charge in [0.05, 0.1) is 6.26 Å². The van der Waals surface area contributed by atoms with Crippen molar-refractivity contribution >= 4 is 21.6 Å². The smallest absolute Gasteiger partial charge is 0.267 e. The fourth-order valence-electron chi connectivity index (χ4n) is 2.62. The summed E-state index contributed by atoms with van der Waals surface area (Å²) in [6, 6.07) is 3.56. The van der Waals surface area contributed by atoms with Crippen LogP contribution in [0.3, 0.4) is 0 Å². The summed E-state index contributed by atoms with van der Waals surface area (Å²) in [5.41, 5.74) is 6.44. The third-order valence-electron chi connectivity index (χ3n) is 4.06. The van der Waals surface area contributed by atoms with Crippen LogP contribution in [-0.2, 0) is 10.0 Å². The van der Waals surface area contributed by atoms with Gasteiger partial charge in [0.25, 0.3) is 5.91 Å². The van der Waals surface area contributed by atoms with Crippen LogP contribution in [0.2, 0.25) is 0 Å². The number of carbonyl (C=O) groups is 1. The Morgan fingerprint density at radius 2 is 2.09 bits per heavy atom. The number of pyridine rings is 1. The maximum atomic E-state index is 11.5. The Balaban J connectivity index is 1.95. The highest BCUT2D eigenvalue weighted by molar-refractivity contribution is 7.88. The highest BCUT2D eigenvalue weighted by Gasteiger charge is 2.23. The quantitative estimate of drug-likeness (QED) is 0.839. The fourth-order valence-corrected chi connectivity index (χ4v) is 3.11. The van der Waals surface area contributed by atoms with Crippen molar-refractivity contribution in [2.24, 2.45) is 11.7 Å². The maximum Gasteiger partial charge on any atom is 0.267 e. The highest BCUT2D eigenvalue weighted by Crippen LogP contribution is 2.24. The van der Waals surface area contributed by atoms with Crippen LogP contribution in [0.4, 0.5) is 5.69 Å². The van der Waals surface area contributed by atoms with E-state index in [-0.39, 0.29) is 5.69 Å². The average Bonchev–Trinajstić information content (AvgIpc) is 2.47. The van der Waals surface area contributed by atoms with Crippen molar-refractivity contribution in [1.82, 2.24) is 9.29 Å². The molecule has 0 aliphatic carbocycles. The van der Waals surface area contributed by atoms with Crippen LogP contribution in [0.1, 0.15) is 23.3 Å². The molecular weight excluding hydrogens is 304 g/mol. The number of nitrogens with zero attached hydrogens (tertiary/aromatic N) is 3. The van der Waals surface area contributed by atoms with Crippen molar-refractivity contribution in [2.75, 3.05) is 37.8 Å². The molecule has 2 heterocycles. The molecule has 1 saturated heterocycles. The number of aromatic nitrogens is 1. The Labute approximate surface area is 131 Å². The number of piperidine rings is 1. The van der Waals surface area contributed by atoms with E-state index in [1.54, 1.807) is 19.3 Å². The first-order chi connectivity index (χ1) is 10.3. The molecule has 0 spiro atoms. The van der Waals surface area contributed by atoms with Gasteiger partial charge in [0.2, 0.25) is 10.0 Å². The first kappa shape index (κ1) is 16.7. The van der Waals surface area contributed by atoms with E-state index in [4.69, 9.17) is 5.73 Å². The zero-order valence-electron chi connectivity index (χ0n) is 12.9. The van der Waals surface area contributed by atoms with Crippen molar-refractivity contribution in [3.8, 4) is 0 Å². The van der Waals surface area contributed by atoms with E-state index in [0.29, 0.717) is 12.5 Å². The van der Waals surface area contributed by atoms with Crippen LogP contribution in [0.5, 0.6) is 0 Å². The van der Waals surface area contributed by atoms with Crippen molar-refractivity contribution in [3.63, 3.8) is 0 Å². The van der Waals surface area contributed by atoms with Gasteiger partial charge in [-0.3, -0.25) is 9.78 Å². The predicted molar refractivity (Wildman–Crippen MR) is 85.2 cm³/mol. The summed E-state index contributed by atoms with van der Waals surface area (Å²) in [4.78, 5) is 17.3.